The molecule has 1 N–H and O–H groups in total. The van der Waals surface area contributed by atoms with Crippen LogP contribution in [0.25, 0.3) is 0 Å². The van der Waals surface area contributed by atoms with Gasteiger partial charge >= 0.3 is 0 Å². The average molecular weight is 204 g/mol. The van der Waals surface area contributed by atoms with Crippen molar-refractivity contribution in [1.82, 2.24) is 10.2 Å². The molecule has 0 saturated carbocycles. The zero-order valence-corrected chi connectivity index (χ0v) is 9.66. The molecule has 1 saturated heterocycles. The van der Waals surface area contributed by atoms with Gasteiger partial charge in [-0.3, -0.25) is 4.90 Å². The first-order chi connectivity index (χ1) is 7.21. The largest absolute Gasteiger partial charge is 0.314 e. The first-order valence-corrected chi connectivity index (χ1v) is 5.72. The molecule has 0 aromatic heterocycles. The molecule has 15 heavy (non-hydrogen) atoms. The molecular formula is C13H20N2. The van der Waals surface area contributed by atoms with Crippen molar-refractivity contribution < 1.29 is 0 Å². The molecule has 1 aliphatic rings. The lowest BCUT2D eigenvalue weighted by molar-refractivity contribution is 0.103. The number of piperazine rings is 1. The summed E-state index contributed by atoms with van der Waals surface area (Å²) in [7, 11) is 0. The topological polar surface area (TPSA) is 15.3 Å². The highest BCUT2D eigenvalue weighted by molar-refractivity contribution is 5.23. The Morgan fingerprint density at radius 2 is 1.67 bits per heavy atom. The van der Waals surface area contributed by atoms with Crippen molar-refractivity contribution in [2.75, 3.05) is 26.2 Å². The molecule has 1 heterocycles. The van der Waals surface area contributed by atoms with Crippen LogP contribution >= 0.6 is 0 Å². The van der Waals surface area contributed by atoms with Crippen LogP contribution in [0, 0.1) is 0 Å². The number of rotatable bonds is 2. The van der Waals surface area contributed by atoms with Crippen LogP contribution in [0.15, 0.2) is 30.3 Å². The average Bonchev–Trinajstić information content (AvgIpc) is 2.31. The van der Waals surface area contributed by atoms with Crippen LogP contribution in [0.1, 0.15) is 19.4 Å². The summed E-state index contributed by atoms with van der Waals surface area (Å²) in [6.07, 6.45) is 0. The Kier molecular flexibility index (Phi) is 3.08. The number of hydrogen-bond acceptors (Lipinski definition) is 2. The van der Waals surface area contributed by atoms with Gasteiger partial charge in [-0.1, -0.05) is 30.3 Å². The quantitative estimate of drug-likeness (QED) is 0.790. The molecule has 0 atom stereocenters. The van der Waals surface area contributed by atoms with Crippen molar-refractivity contribution in [1.29, 1.82) is 0 Å². The van der Waals surface area contributed by atoms with Crippen molar-refractivity contribution in [2.45, 2.75) is 19.4 Å². The fourth-order valence-corrected chi connectivity index (χ4v) is 2.25. The molecule has 82 valence electrons. The molecule has 0 amide bonds. The summed E-state index contributed by atoms with van der Waals surface area (Å²) in [5.41, 5.74) is 1.57. The third kappa shape index (κ3) is 2.21. The SMILES string of the molecule is CC(C)(c1ccccc1)N1CCNCC1. The van der Waals surface area contributed by atoms with Crippen molar-refractivity contribution in [3.05, 3.63) is 35.9 Å². The van der Waals surface area contributed by atoms with Crippen LogP contribution < -0.4 is 5.32 Å². The molecular weight excluding hydrogens is 184 g/mol. The molecule has 1 aromatic carbocycles. The van der Waals surface area contributed by atoms with Crippen LogP contribution in [-0.2, 0) is 5.54 Å². The Morgan fingerprint density at radius 1 is 1.07 bits per heavy atom. The van der Waals surface area contributed by atoms with Crippen molar-refractivity contribution in [2.24, 2.45) is 0 Å². The van der Waals surface area contributed by atoms with E-state index in [2.05, 4.69) is 54.4 Å². The maximum Gasteiger partial charge on any atom is 0.0405 e. The van der Waals surface area contributed by atoms with Gasteiger partial charge in [0.25, 0.3) is 0 Å². The van der Waals surface area contributed by atoms with E-state index in [0.717, 1.165) is 26.2 Å². The normalized spacial score (nSPS) is 19.1. The molecule has 1 fully saturated rings. The lowest BCUT2D eigenvalue weighted by Crippen LogP contribution is -2.51. The van der Waals surface area contributed by atoms with Gasteiger partial charge in [-0.05, 0) is 19.4 Å². The summed E-state index contributed by atoms with van der Waals surface area (Å²) in [5.74, 6) is 0. The van der Waals surface area contributed by atoms with E-state index in [0.29, 0.717) is 0 Å². The zero-order valence-electron chi connectivity index (χ0n) is 9.66. The Bertz CT molecular complexity index is 300. The fourth-order valence-electron chi connectivity index (χ4n) is 2.25. The Hall–Kier alpha value is -0.860. The number of benzene rings is 1. The molecule has 1 aromatic rings. The summed E-state index contributed by atoms with van der Waals surface area (Å²) >= 11 is 0. The van der Waals surface area contributed by atoms with E-state index in [-0.39, 0.29) is 5.54 Å². The first-order valence-electron chi connectivity index (χ1n) is 5.72. The highest BCUT2D eigenvalue weighted by atomic mass is 15.2. The summed E-state index contributed by atoms with van der Waals surface area (Å²) < 4.78 is 0. The van der Waals surface area contributed by atoms with Crippen LogP contribution in [0.4, 0.5) is 0 Å². The van der Waals surface area contributed by atoms with Gasteiger partial charge in [0.1, 0.15) is 0 Å². The second-order valence-electron chi connectivity index (χ2n) is 4.66. The van der Waals surface area contributed by atoms with E-state index in [9.17, 15) is 0 Å². The lowest BCUT2D eigenvalue weighted by Gasteiger charge is -2.41. The molecule has 0 radical (unpaired) electrons. The molecule has 0 spiro atoms. The van der Waals surface area contributed by atoms with Gasteiger partial charge in [-0.2, -0.15) is 0 Å². The monoisotopic (exact) mass is 204 g/mol. The van der Waals surface area contributed by atoms with Crippen molar-refractivity contribution in [3.63, 3.8) is 0 Å². The smallest absolute Gasteiger partial charge is 0.0405 e. The summed E-state index contributed by atoms with van der Waals surface area (Å²) in [6, 6.07) is 10.8. The second-order valence-corrected chi connectivity index (χ2v) is 4.66. The molecule has 0 aliphatic carbocycles. The minimum atomic E-state index is 0.156. The van der Waals surface area contributed by atoms with Crippen molar-refractivity contribution in [3.8, 4) is 0 Å². The van der Waals surface area contributed by atoms with E-state index >= 15 is 0 Å². The zero-order chi connectivity index (χ0) is 10.7. The predicted molar refractivity (Wildman–Crippen MR) is 63.9 cm³/mol. The van der Waals surface area contributed by atoms with Gasteiger partial charge in [0.05, 0.1) is 0 Å². The van der Waals surface area contributed by atoms with Crippen molar-refractivity contribution >= 4 is 0 Å². The number of nitrogens with zero attached hydrogens (tertiary/aromatic N) is 1. The minimum Gasteiger partial charge on any atom is -0.314 e. The maximum absolute atomic E-state index is 3.40. The van der Waals surface area contributed by atoms with Crippen LogP contribution in [-0.4, -0.2) is 31.1 Å². The highest BCUT2D eigenvalue weighted by Gasteiger charge is 2.28. The minimum absolute atomic E-state index is 0.156. The first kappa shape index (κ1) is 10.7. The molecule has 2 heteroatoms. The van der Waals surface area contributed by atoms with Gasteiger partial charge in [-0.25, -0.2) is 0 Å². The third-order valence-corrected chi connectivity index (χ3v) is 3.39. The number of nitrogens with one attached hydrogen (secondary N) is 1. The molecule has 0 bridgehead atoms. The predicted octanol–water partition coefficient (Wildman–Crippen LogP) is 1.83. The van der Waals surface area contributed by atoms with Crippen LogP contribution in [0.2, 0.25) is 0 Å². The molecule has 0 unspecified atom stereocenters. The standard InChI is InChI=1S/C13H20N2/c1-13(2,12-6-4-3-5-7-12)15-10-8-14-9-11-15/h3-7,14H,8-11H2,1-2H3. The fraction of sp³-hybridized carbons (Fsp3) is 0.538. The van der Waals surface area contributed by atoms with Crippen LogP contribution in [0.3, 0.4) is 0 Å². The van der Waals surface area contributed by atoms with Gasteiger partial charge in [0, 0.05) is 31.7 Å². The molecule has 1 aliphatic heterocycles. The van der Waals surface area contributed by atoms with E-state index in [1.54, 1.807) is 0 Å². The van der Waals surface area contributed by atoms with E-state index < -0.39 is 0 Å². The Morgan fingerprint density at radius 3 is 2.27 bits per heavy atom. The Labute approximate surface area is 92.3 Å². The van der Waals surface area contributed by atoms with E-state index in [1.165, 1.54) is 5.56 Å². The lowest BCUT2D eigenvalue weighted by atomic mass is 9.92. The summed E-state index contributed by atoms with van der Waals surface area (Å²) in [5, 5.41) is 3.40. The number of hydrogen-bond donors (Lipinski definition) is 1. The molecule has 2 rings (SSSR count). The van der Waals surface area contributed by atoms with Gasteiger partial charge in [0.15, 0.2) is 0 Å². The maximum atomic E-state index is 3.40. The Balaban J connectivity index is 2.18. The van der Waals surface area contributed by atoms with Gasteiger partial charge in [0.2, 0.25) is 0 Å². The molecule has 2 nitrogen and oxygen atoms in total. The summed E-state index contributed by atoms with van der Waals surface area (Å²) in [6.45, 7) is 9.12. The van der Waals surface area contributed by atoms with Gasteiger partial charge in [-0.15, -0.1) is 0 Å². The summed E-state index contributed by atoms with van der Waals surface area (Å²) in [4.78, 5) is 2.55. The van der Waals surface area contributed by atoms with E-state index in [4.69, 9.17) is 0 Å². The third-order valence-electron chi connectivity index (χ3n) is 3.39. The second kappa shape index (κ2) is 4.33. The van der Waals surface area contributed by atoms with Gasteiger partial charge < -0.3 is 5.32 Å². The van der Waals surface area contributed by atoms with E-state index in [1.807, 2.05) is 0 Å². The highest BCUT2D eigenvalue weighted by Crippen LogP contribution is 2.27. The van der Waals surface area contributed by atoms with Crippen LogP contribution in [0.5, 0.6) is 0 Å².